The standard InChI is InChI=1S/C25H27FN2O3S/c1-17(2)14-18-6-9-20(10-7-18)32(30,31)24-21-15-19(26)8-11-23(21)27-16-22(24)25(29)28-12-4-3-5-13-28/h6-11,15-17H,3-5,12-14H2,1-2H3. The summed E-state index contributed by atoms with van der Waals surface area (Å²) in [7, 11) is -4.10. The molecule has 5 nitrogen and oxygen atoms in total. The molecule has 7 heteroatoms. The van der Waals surface area contributed by atoms with Gasteiger partial charge in [-0.3, -0.25) is 9.78 Å². The van der Waals surface area contributed by atoms with Crippen LogP contribution in [0.4, 0.5) is 4.39 Å². The van der Waals surface area contributed by atoms with Gasteiger partial charge in [0.1, 0.15) is 5.82 Å². The van der Waals surface area contributed by atoms with Crippen LogP contribution < -0.4 is 0 Å². The first kappa shape index (κ1) is 22.4. The van der Waals surface area contributed by atoms with Crippen molar-refractivity contribution in [2.24, 2.45) is 5.92 Å². The maximum atomic E-state index is 14.2. The normalized spacial score (nSPS) is 14.8. The molecule has 0 aliphatic carbocycles. The average Bonchev–Trinajstić information content (AvgIpc) is 2.78. The Morgan fingerprint density at radius 1 is 1.06 bits per heavy atom. The molecule has 0 unspecified atom stereocenters. The Labute approximate surface area is 188 Å². The molecule has 168 valence electrons. The molecule has 1 saturated heterocycles. The molecule has 1 amide bonds. The quantitative estimate of drug-likeness (QED) is 0.542. The lowest BCUT2D eigenvalue weighted by molar-refractivity contribution is 0.0720. The number of nitrogens with zero attached hydrogens (tertiary/aromatic N) is 2. The van der Waals surface area contributed by atoms with Crippen LogP contribution in [0.15, 0.2) is 58.5 Å². The van der Waals surface area contributed by atoms with Crippen LogP contribution in [0.3, 0.4) is 0 Å². The fraction of sp³-hybridized carbons (Fsp3) is 0.360. The first-order chi connectivity index (χ1) is 15.3. The van der Waals surface area contributed by atoms with Gasteiger partial charge in [-0.2, -0.15) is 0 Å². The zero-order chi connectivity index (χ0) is 22.9. The molecular formula is C25H27FN2O3S. The number of carbonyl (C=O) groups is 1. The second-order valence-electron chi connectivity index (χ2n) is 8.76. The first-order valence-corrected chi connectivity index (χ1v) is 12.5. The lowest BCUT2D eigenvalue weighted by Crippen LogP contribution is -2.36. The Morgan fingerprint density at radius 3 is 2.41 bits per heavy atom. The maximum absolute atomic E-state index is 14.2. The number of fused-ring (bicyclic) bond motifs is 1. The molecule has 2 heterocycles. The van der Waals surface area contributed by atoms with Gasteiger partial charge in [-0.1, -0.05) is 26.0 Å². The van der Waals surface area contributed by atoms with Gasteiger partial charge in [0.05, 0.1) is 20.9 Å². The molecular weight excluding hydrogens is 427 g/mol. The second kappa shape index (κ2) is 8.98. The molecule has 3 aromatic rings. The van der Waals surface area contributed by atoms with E-state index >= 15 is 0 Å². The number of hydrogen-bond acceptors (Lipinski definition) is 4. The lowest BCUT2D eigenvalue weighted by atomic mass is 10.0. The topological polar surface area (TPSA) is 67.3 Å². The third kappa shape index (κ3) is 4.39. The smallest absolute Gasteiger partial charge is 0.256 e. The highest BCUT2D eigenvalue weighted by Gasteiger charge is 2.30. The predicted molar refractivity (Wildman–Crippen MR) is 122 cm³/mol. The van der Waals surface area contributed by atoms with E-state index < -0.39 is 15.7 Å². The van der Waals surface area contributed by atoms with E-state index in [2.05, 4.69) is 18.8 Å². The first-order valence-electron chi connectivity index (χ1n) is 11.0. The molecule has 0 atom stereocenters. The van der Waals surface area contributed by atoms with Crippen LogP contribution in [0.2, 0.25) is 0 Å². The maximum Gasteiger partial charge on any atom is 0.256 e. The summed E-state index contributed by atoms with van der Waals surface area (Å²) < 4.78 is 41.7. The van der Waals surface area contributed by atoms with Gasteiger partial charge in [-0.05, 0) is 67.5 Å². The number of aromatic nitrogens is 1. The molecule has 1 aliphatic rings. The van der Waals surface area contributed by atoms with Gasteiger partial charge in [-0.15, -0.1) is 0 Å². The summed E-state index contributed by atoms with van der Waals surface area (Å²) in [6.07, 6.45) is 4.94. The van der Waals surface area contributed by atoms with Gasteiger partial charge >= 0.3 is 0 Å². The molecule has 0 saturated carbocycles. The number of likely N-dealkylation sites (tertiary alicyclic amines) is 1. The van der Waals surface area contributed by atoms with Gasteiger partial charge in [-0.25, -0.2) is 12.8 Å². The van der Waals surface area contributed by atoms with Crippen molar-refractivity contribution in [2.75, 3.05) is 13.1 Å². The highest BCUT2D eigenvalue weighted by atomic mass is 32.2. The fourth-order valence-corrected chi connectivity index (χ4v) is 5.86. The Kier molecular flexibility index (Phi) is 6.29. The van der Waals surface area contributed by atoms with Crippen molar-refractivity contribution < 1.29 is 17.6 Å². The van der Waals surface area contributed by atoms with Crippen LogP contribution in [-0.2, 0) is 16.3 Å². The molecule has 0 N–H and O–H groups in total. The highest BCUT2D eigenvalue weighted by molar-refractivity contribution is 7.91. The molecule has 4 rings (SSSR count). The number of carbonyl (C=O) groups excluding carboxylic acids is 1. The summed E-state index contributed by atoms with van der Waals surface area (Å²) in [4.78, 5) is 19.2. The van der Waals surface area contributed by atoms with Crippen LogP contribution in [0, 0.1) is 11.7 Å². The largest absolute Gasteiger partial charge is 0.339 e. The summed E-state index contributed by atoms with van der Waals surface area (Å²) >= 11 is 0. The van der Waals surface area contributed by atoms with Gasteiger partial charge in [0, 0.05) is 24.7 Å². The summed E-state index contributed by atoms with van der Waals surface area (Å²) in [6, 6.07) is 10.5. The molecule has 2 aromatic carbocycles. The zero-order valence-electron chi connectivity index (χ0n) is 18.3. The van der Waals surface area contributed by atoms with E-state index in [-0.39, 0.29) is 26.6 Å². The zero-order valence-corrected chi connectivity index (χ0v) is 19.2. The SMILES string of the molecule is CC(C)Cc1ccc(S(=O)(=O)c2c(C(=O)N3CCCCC3)cnc3ccc(F)cc23)cc1. The Hall–Kier alpha value is -2.80. The number of halogens is 1. The Morgan fingerprint density at radius 2 is 1.75 bits per heavy atom. The summed E-state index contributed by atoms with van der Waals surface area (Å²) in [5.41, 5.74) is 1.36. The van der Waals surface area contributed by atoms with E-state index in [4.69, 9.17) is 0 Å². The number of rotatable bonds is 5. The summed E-state index contributed by atoms with van der Waals surface area (Å²) in [6.45, 7) is 5.34. The number of hydrogen-bond donors (Lipinski definition) is 0. The van der Waals surface area contributed by atoms with Crippen molar-refractivity contribution >= 4 is 26.6 Å². The van der Waals surface area contributed by atoms with Crippen LogP contribution >= 0.6 is 0 Å². The predicted octanol–water partition coefficient (Wildman–Crippen LogP) is 5.03. The number of piperidine rings is 1. The Bertz CT molecular complexity index is 1250. The van der Waals surface area contributed by atoms with E-state index in [1.165, 1.54) is 18.3 Å². The minimum Gasteiger partial charge on any atom is -0.339 e. The van der Waals surface area contributed by atoms with Crippen molar-refractivity contribution in [1.82, 2.24) is 9.88 Å². The van der Waals surface area contributed by atoms with Crippen molar-refractivity contribution in [2.45, 2.75) is 49.3 Å². The van der Waals surface area contributed by atoms with Crippen molar-refractivity contribution in [3.05, 3.63) is 65.6 Å². The molecule has 0 radical (unpaired) electrons. The van der Waals surface area contributed by atoms with E-state index in [9.17, 15) is 17.6 Å². The van der Waals surface area contributed by atoms with Gasteiger partial charge < -0.3 is 4.90 Å². The van der Waals surface area contributed by atoms with E-state index in [1.54, 1.807) is 29.2 Å². The summed E-state index contributed by atoms with van der Waals surface area (Å²) in [5, 5.41) is 0.124. The highest BCUT2D eigenvalue weighted by Crippen LogP contribution is 2.32. The Balaban J connectivity index is 1.88. The fourth-order valence-electron chi connectivity index (χ4n) is 4.24. The number of amides is 1. The lowest BCUT2D eigenvalue weighted by Gasteiger charge is -2.27. The van der Waals surface area contributed by atoms with Crippen molar-refractivity contribution in [3.8, 4) is 0 Å². The minimum absolute atomic E-state index is 0.00347. The number of pyridine rings is 1. The molecule has 0 spiro atoms. The van der Waals surface area contributed by atoms with Crippen molar-refractivity contribution in [3.63, 3.8) is 0 Å². The second-order valence-corrected chi connectivity index (χ2v) is 10.6. The molecule has 1 aliphatic heterocycles. The van der Waals surface area contributed by atoms with Crippen LogP contribution in [-0.4, -0.2) is 37.3 Å². The minimum atomic E-state index is -4.10. The van der Waals surface area contributed by atoms with E-state index in [0.717, 1.165) is 37.3 Å². The number of benzene rings is 2. The molecule has 1 fully saturated rings. The average molecular weight is 455 g/mol. The molecule has 0 bridgehead atoms. The number of sulfone groups is 1. The third-order valence-corrected chi connectivity index (χ3v) is 7.67. The van der Waals surface area contributed by atoms with E-state index in [0.29, 0.717) is 24.5 Å². The van der Waals surface area contributed by atoms with Gasteiger partial charge in [0.2, 0.25) is 9.84 Å². The van der Waals surface area contributed by atoms with Crippen LogP contribution in [0.25, 0.3) is 10.9 Å². The van der Waals surface area contributed by atoms with Crippen LogP contribution in [0.5, 0.6) is 0 Å². The van der Waals surface area contributed by atoms with Crippen LogP contribution in [0.1, 0.15) is 49.0 Å². The van der Waals surface area contributed by atoms with Crippen molar-refractivity contribution in [1.29, 1.82) is 0 Å². The van der Waals surface area contributed by atoms with Gasteiger partial charge in [0.15, 0.2) is 0 Å². The molecule has 1 aromatic heterocycles. The van der Waals surface area contributed by atoms with Gasteiger partial charge in [0.25, 0.3) is 5.91 Å². The van der Waals surface area contributed by atoms with E-state index in [1.807, 2.05) is 0 Å². The monoisotopic (exact) mass is 454 g/mol. The summed E-state index contributed by atoms with van der Waals surface area (Å²) in [5.74, 6) is -0.512. The molecule has 32 heavy (non-hydrogen) atoms. The third-order valence-electron chi connectivity index (χ3n) is 5.80.